The van der Waals surface area contributed by atoms with E-state index in [-0.39, 0.29) is 25.7 Å². The average molecular weight is 199 g/mol. The highest BCUT2D eigenvalue weighted by molar-refractivity contribution is 6.17. The van der Waals surface area contributed by atoms with Crippen LogP contribution in [0, 0.1) is 0 Å². The minimum absolute atomic E-state index is 0.173. The third kappa shape index (κ3) is 2.56. The molecule has 72 valence electrons. The largest absolute Gasteiger partial charge is 0.390 e. The van der Waals surface area contributed by atoms with Gasteiger partial charge in [0.25, 0.3) is 0 Å². The molecule has 0 aromatic heterocycles. The van der Waals surface area contributed by atoms with Crippen molar-refractivity contribution in [1.29, 1.82) is 0 Å². The fourth-order valence-corrected chi connectivity index (χ4v) is 1.86. The SMILES string of the molecule is OC1(CCCl)CCC(F)(F)CC1. The number of hydrogen-bond donors (Lipinski definition) is 1. The Morgan fingerprint density at radius 3 is 2.08 bits per heavy atom. The molecule has 0 aliphatic heterocycles. The van der Waals surface area contributed by atoms with Crippen LogP contribution in [0.15, 0.2) is 0 Å². The standard InChI is InChI=1S/C8H13ClF2O/c9-6-5-7(12)1-3-8(10,11)4-2-7/h12H,1-6H2. The Balaban J connectivity index is 2.44. The third-order valence-corrected chi connectivity index (χ3v) is 2.66. The van der Waals surface area contributed by atoms with E-state index in [4.69, 9.17) is 11.6 Å². The second-order valence-electron chi connectivity index (χ2n) is 3.52. The molecule has 0 aromatic carbocycles. The molecule has 4 heteroatoms. The van der Waals surface area contributed by atoms with Crippen molar-refractivity contribution in [3.05, 3.63) is 0 Å². The van der Waals surface area contributed by atoms with Crippen molar-refractivity contribution in [2.45, 2.75) is 43.6 Å². The summed E-state index contributed by atoms with van der Waals surface area (Å²) in [6.45, 7) is 0. The number of rotatable bonds is 2. The summed E-state index contributed by atoms with van der Waals surface area (Å²) >= 11 is 5.45. The maximum absolute atomic E-state index is 12.6. The quantitative estimate of drug-likeness (QED) is 0.677. The van der Waals surface area contributed by atoms with E-state index >= 15 is 0 Å². The molecule has 0 saturated heterocycles. The van der Waals surface area contributed by atoms with Gasteiger partial charge in [0.15, 0.2) is 0 Å². The second-order valence-corrected chi connectivity index (χ2v) is 3.90. The van der Waals surface area contributed by atoms with E-state index < -0.39 is 11.5 Å². The minimum atomic E-state index is -2.57. The van der Waals surface area contributed by atoms with Crippen LogP contribution in [-0.2, 0) is 0 Å². The van der Waals surface area contributed by atoms with Gasteiger partial charge in [0.2, 0.25) is 5.92 Å². The molecule has 1 aliphatic carbocycles. The first-order valence-electron chi connectivity index (χ1n) is 4.14. The molecule has 1 nitrogen and oxygen atoms in total. The van der Waals surface area contributed by atoms with Gasteiger partial charge in [-0.1, -0.05) is 0 Å². The normalized spacial score (nSPS) is 27.0. The van der Waals surface area contributed by atoms with Gasteiger partial charge in [0.1, 0.15) is 0 Å². The first-order chi connectivity index (χ1) is 5.47. The fraction of sp³-hybridized carbons (Fsp3) is 1.00. The summed E-state index contributed by atoms with van der Waals surface area (Å²) < 4.78 is 25.3. The minimum Gasteiger partial charge on any atom is -0.390 e. The van der Waals surface area contributed by atoms with Crippen LogP contribution in [-0.4, -0.2) is 22.5 Å². The van der Waals surface area contributed by atoms with Gasteiger partial charge in [-0.25, -0.2) is 8.78 Å². The number of hydrogen-bond acceptors (Lipinski definition) is 1. The summed E-state index contributed by atoms with van der Waals surface area (Å²) in [4.78, 5) is 0. The molecular formula is C8H13ClF2O. The van der Waals surface area contributed by atoms with Crippen molar-refractivity contribution in [2.75, 3.05) is 5.88 Å². The van der Waals surface area contributed by atoms with Gasteiger partial charge in [-0.05, 0) is 19.3 Å². The molecule has 1 rings (SSSR count). The summed E-state index contributed by atoms with van der Waals surface area (Å²) in [5.74, 6) is -2.24. The summed E-state index contributed by atoms with van der Waals surface area (Å²) in [5.41, 5.74) is -0.927. The molecular weight excluding hydrogens is 186 g/mol. The van der Waals surface area contributed by atoms with Gasteiger partial charge in [-0.2, -0.15) is 0 Å². The van der Waals surface area contributed by atoms with Crippen LogP contribution in [0.5, 0.6) is 0 Å². The van der Waals surface area contributed by atoms with Gasteiger partial charge in [0.05, 0.1) is 5.60 Å². The third-order valence-electron chi connectivity index (χ3n) is 2.47. The molecule has 1 saturated carbocycles. The van der Waals surface area contributed by atoms with Crippen LogP contribution in [0.2, 0.25) is 0 Å². The van der Waals surface area contributed by atoms with E-state index in [1.165, 1.54) is 0 Å². The molecule has 1 fully saturated rings. The average Bonchev–Trinajstić information content (AvgIpc) is 1.98. The van der Waals surface area contributed by atoms with E-state index in [1.807, 2.05) is 0 Å². The van der Waals surface area contributed by atoms with Crippen LogP contribution in [0.4, 0.5) is 8.78 Å². The lowest BCUT2D eigenvalue weighted by Gasteiger charge is -2.35. The van der Waals surface area contributed by atoms with Gasteiger partial charge < -0.3 is 5.11 Å². The molecule has 1 aliphatic rings. The lowest BCUT2D eigenvalue weighted by atomic mass is 9.81. The van der Waals surface area contributed by atoms with Gasteiger partial charge in [-0.15, -0.1) is 11.6 Å². The smallest absolute Gasteiger partial charge is 0.248 e. The number of halogens is 3. The van der Waals surface area contributed by atoms with E-state index in [0.29, 0.717) is 12.3 Å². The molecule has 0 radical (unpaired) electrons. The Morgan fingerprint density at radius 2 is 1.67 bits per heavy atom. The van der Waals surface area contributed by atoms with Crippen molar-refractivity contribution in [3.63, 3.8) is 0 Å². The molecule has 12 heavy (non-hydrogen) atoms. The van der Waals surface area contributed by atoms with Gasteiger partial charge in [0, 0.05) is 18.7 Å². The van der Waals surface area contributed by atoms with Crippen LogP contribution < -0.4 is 0 Å². The van der Waals surface area contributed by atoms with E-state index in [1.54, 1.807) is 0 Å². The Hall–Kier alpha value is 0.110. The first-order valence-corrected chi connectivity index (χ1v) is 4.67. The van der Waals surface area contributed by atoms with Gasteiger partial charge in [-0.3, -0.25) is 0 Å². The van der Waals surface area contributed by atoms with Crippen LogP contribution >= 0.6 is 11.6 Å². The Kier molecular flexibility index (Phi) is 2.94. The molecule has 0 aromatic rings. The predicted molar refractivity (Wildman–Crippen MR) is 43.7 cm³/mol. The Bertz CT molecular complexity index is 151. The topological polar surface area (TPSA) is 20.2 Å². The monoisotopic (exact) mass is 198 g/mol. The zero-order valence-electron chi connectivity index (χ0n) is 6.82. The van der Waals surface area contributed by atoms with Crippen molar-refractivity contribution in [2.24, 2.45) is 0 Å². The highest BCUT2D eigenvalue weighted by atomic mass is 35.5. The van der Waals surface area contributed by atoms with E-state index in [9.17, 15) is 13.9 Å². The lowest BCUT2D eigenvalue weighted by molar-refractivity contribution is -0.104. The first kappa shape index (κ1) is 10.2. The molecule has 0 unspecified atom stereocenters. The molecule has 0 bridgehead atoms. The number of aliphatic hydroxyl groups is 1. The van der Waals surface area contributed by atoms with Gasteiger partial charge >= 0.3 is 0 Å². The zero-order valence-corrected chi connectivity index (χ0v) is 7.58. The Labute approximate surface area is 75.7 Å². The van der Waals surface area contributed by atoms with Crippen LogP contribution in [0.25, 0.3) is 0 Å². The van der Waals surface area contributed by atoms with Crippen molar-refractivity contribution in [3.8, 4) is 0 Å². The Morgan fingerprint density at radius 1 is 1.17 bits per heavy atom. The molecule has 0 amide bonds. The second kappa shape index (κ2) is 3.46. The number of alkyl halides is 3. The zero-order chi connectivity index (χ0) is 9.24. The lowest BCUT2D eigenvalue weighted by Crippen LogP contribution is -2.38. The predicted octanol–water partition coefficient (Wildman–Crippen LogP) is 2.56. The molecule has 1 N–H and O–H groups in total. The van der Waals surface area contributed by atoms with E-state index in [0.717, 1.165) is 0 Å². The summed E-state index contributed by atoms with van der Waals surface area (Å²) in [6, 6.07) is 0. The summed E-state index contributed by atoms with van der Waals surface area (Å²) in [6.07, 6.45) is 0.352. The van der Waals surface area contributed by atoms with Crippen molar-refractivity contribution < 1.29 is 13.9 Å². The van der Waals surface area contributed by atoms with E-state index in [2.05, 4.69) is 0 Å². The molecule has 0 heterocycles. The maximum atomic E-state index is 12.6. The van der Waals surface area contributed by atoms with Crippen molar-refractivity contribution >= 4 is 11.6 Å². The highest BCUT2D eigenvalue weighted by Gasteiger charge is 2.41. The summed E-state index contributed by atoms with van der Waals surface area (Å²) in [7, 11) is 0. The fourth-order valence-electron chi connectivity index (χ4n) is 1.51. The van der Waals surface area contributed by atoms with Crippen LogP contribution in [0.1, 0.15) is 32.1 Å². The van der Waals surface area contributed by atoms with Crippen molar-refractivity contribution in [1.82, 2.24) is 0 Å². The van der Waals surface area contributed by atoms with Crippen LogP contribution in [0.3, 0.4) is 0 Å². The maximum Gasteiger partial charge on any atom is 0.248 e. The summed E-state index contributed by atoms with van der Waals surface area (Å²) in [5, 5.41) is 9.69. The highest BCUT2D eigenvalue weighted by Crippen LogP contribution is 2.39. The molecule has 0 atom stereocenters. The molecule has 0 spiro atoms.